The van der Waals surface area contributed by atoms with Gasteiger partial charge in [0.15, 0.2) is 0 Å². The van der Waals surface area contributed by atoms with E-state index in [4.69, 9.17) is 4.42 Å². The van der Waals surface area contributed by atoms with Crippen LogP contribution in [0.4, 0.5) is 5.82 Å². The maximum atomic E-state index is 9.32. The molecule has 142 valence electrons. The fourth-order valence-corrected chi connectivity index (χ4v) is 3.72. The van der Waals surface area contributed by atoms with Gasteiger partial charge in [0.25, 0.3) is 0 Å². The molecule has 28 heavy (non-hydrogen) atoms. The fraction of sp³-hybridized carbons (Fsp3) is 0.300. The Morgan fingerprint density at radius 3 is 2.89 bits per heavy atom. The van der Waals surface area contributed by atoms with Gasteiger partial charge in [-0.15, -0.1) is 10.2 Å². The monoisotopic (exact) mass is 438 g/mol. The van der Waals surface area contributed by atoms with Gasteiger partial charge < -0.3 is 9.32 Å². The quantitative estimate of drug-likeness (QED) is 0.616. The van der Waals surface area contributed by atoms with Gasteiger partial charge in [-0.25, -0.2) is 4.98 Å². The molecule has 1 aliphatic rings. The average molecular weight is 439 g/mol. The highest BCUT2D eigenvalue weighted by Crippen LogP contribution is 2.23. The van der Waals surface area contributed by atoms with Gasteiger partial charge in [0.1, 0.15) is 11.9 Å². The Bertz CT molecular complexity index is 998. The number of nitriles is 1. The zero-order valence-electron chi connectivity index (χ0n) is 15.3. The third kappa shape index (κ3) is 4.21. The number of pyridine rings is 1. The summed E-state index contributed by atoms with van der Waals surface area (Å²) < 4.78 is 6.84. The lowest BCUT2D eigenvalue weighted by Gasteiger charge is -2.22. The molecule has 3 aromatic rings. The van der Waals surface area contributed by atoms with E-state index in [9.17, 15) is 5.26 Å². The summed E-state index contributed by atoms with van der Waals surface area (Å²) in [6, 6.07) is 13.7. The summed E-state index contributed by atoms with van der Waals surface area (Å²) in [5, 5.41) is 17.7. The van der Waals surface area contributed by atoms with Crippen molar-refractivity contribution in [3.63, 3.8) is 0 Å². The van der Waals surface area contributed by atoms with Gasteiger partial charge in [-0.1, -0.05) is 22.0 Å². The van der Waals surface area contributed by atoms with Crippen molar-refractivity contribution in [3.05, 3.63) is 58.5 Å². The molecule has 1 aliphatic heterocycles. The number of rotatable bonds is 4. The summed E-state index contributed by atoms with van der Waals surface area (Å²) in [4.78, 5) is 8.89. The van der Waals surface area contributed by atoms with Crippen molar-refractivity contribution in [2.75, 3.05) is 31.1 Å². The summed E-state index contributed by atoms with van der Waals surface area (Å²) in [6.07, 6.45) is 2.72. The zero-order valence-corrected chi connectivity index (χ0v) is 16.8. The lowest BCUT2D eigenvalue weighted by Crippen LogP contribution is -2.31. The first-order chi connectivity index (χ1) is 13.7. The highest BCUT2D eigenvalue weighted by atomic mass is 79.9. The summed E-state index contributed by atoms with van der Waals surface area (Å²) in [6.45, 7) is 4.06. The van der Waals surface area contributed by atoms with Crippen LogP contribution in [0, 0.1) is 11.3 Å². The molecule has 8 heteroatoms. The van der Waals surface area contributed by atoms with Gasteiger partial charge in [-0.05, 0) is 36.8 Å². The van der Waals surface area contributed by atoms with Crippen LogP contribution in [0.15, 0.2) is 51.5 Å². The predicted octanol–water partition coefficient (Wildman–Crippen LogP) is 3.48. The van der Waals surface area contributed by atoms with Crippen LogP contribution in [0.25, 0.3) is 11.5 Å². The molecule has 0 aliphatic carbocycles. The van der Waals surface area contributed by atoms with Gasteiger partial charge >= 0.3 is 0 Å². The molecule has 0 N–H and O–H groups in total. The molecule has 0 atom stereocenters. The molecule has 2 aromatic heterocycles. The van der Waals surface area contributed by atoms with Crippen LogP contribution < -0.4 is 4.90 Å². The van der Waals surface area contributed by atoms with Crippen molar-refractivity contribution in [2.45, 2.75) is 13.0 Å². The maximum absolute atomic E-state index is 9.32. The molecule has 4 rings (SSSR count). The summed E-state index contributed by atoms with van der Waals surface area (Å²) in [7, 11) is 0. The number of halogens is 1. The van der Waals surface area contributed by atoms with E-state index in [-0.39, 0.29) is 0 Å². The Balaban J connectivity index is 1.41. The van der Waals surface area contributed by atoms with Crippen LogP contribution >= 0.6 is 15.9 Å². The lowest BCUT2D eigenvalue weighted by atomic mass is 10.2. The summed E-state index contributed by atoms with van der Waals surface area (Å²) in [5.74, 6) is 1.90. The first kappa shape index (κ1) is 18.6. The number of hydrogen-bond donors (Lipinski definition) is 0. The Morgan fingerprint density at radius 1 is 1.11 bits per heavy atom. The van der Waals surface area contributed by atoms with Gasteiger partial charge in [-0.2, -0.15) is 5.26 Å². The van der Waals surface area contributed by atoms with E-state index in [1.807, 2.05) is 30.3 Å². The van der Waals surface area contributed by atoms with Crippen molar-refractivity contribution in [1.29, 1.82) is 5.26 Å². The second kappa shape index (κ2) is 8.50. The molecule has 0 spiro atoms. The molecular weight excluding hydrogens is 420 g/mol. The van der Waals surface area contributed by atoms with Crippen LogP contribution in [0.5, 0.6) is 0 Å². The topological polar surface area (TPSA) is 82.1 Å². The minimum absolute atomic E-state index is 0.528. The molecule has 3 heterocycles. The average Bonchev–Trinajstić information content (AvgIpc) is 3.06. The van der Waals surface area contributed by atoms with Gasteiger partial charge in [0, 0.05) is 42.4 Å². The number of aromatic nitrogens is 3. The van der Waals surface area contributed by atoms with E-state index < -0.39 is 0 Å². The van der Waals surface area contributed by atoms with E-state index in [1.54, 1.807) is 12.3 Å². The van der Waals surface area contributed by atoms with Crippen molar-refractivity contribution in [1.82, 2.24) is 20.1 Å². The summed E-state index contributed by atoms with van der Waals surface area (Å²) in [5.41, 5.74) is 1.51. The molecule has 0 radical (unpaired) electrons. The standard InChI is InChI=1S/C20H19BrN6O/c21-17-6-1-4-15(12-17)20-25-24-18(28-20)14-26-8-3-9-27(11-10-26)19-16(13-22)5-2-7-23-19/h1-2,4-7,12H,3,8-11,14H2. The van der Waals surface area contributed by atoms with E-state index in [0.29, 0.717) is 23.9 Å². The third-order valence-corrected chi connectivity index (χ3v) is 5.19. The van der Waals surface area contributed by atoms with Crippen molar-refractivity contribution >= 4 is 21.7 Å². The Hall–Kier alpha value is -2.76. The molecule has 7 nitrogen and oxygen atoms in total. The van der Waals surface area contributed by atoms with Crippen LogP contribution in [0.3, 0.4) is 0 Å². The second-order valence-electron chi connectivity index (χ2n) is 6.61. The normalized spacial score (nSPS) is 15.2. The molecule has 0 amide bonds. The van der Waals surface area contributed by atoms with Crippen molar-refractivity contribution in [2.24, 2.45) is 0 Å². The van der Waals surface area contributed by atoms with Crippen LogP contribution in [-0.2, 0) is 6.54 Å². The van der Waals surface area contributed by atoms with Gasteiger partial charge in [-0.3, -0.25) is 4.90 Å². The lowest BCUT2D eigenvalue weighted by molar-refractivity contribution is 0.256. The predicted molar refractivity (Wildman–Crippen MR) is 108 cm³/mol. The fourth-order valence-electron chi connectivity index (χ4n) is 3.32. The smallest absolute Gasteiger partial charge is 0.247 e. The molecular formula is C20H19BrN6O. The highest BCUT2D eigenvalue weighted by molar-refractivity contribution is 9.10. The molecule has 1 aromatic carbocycles. The Morgan fingerprint density at radius 2 is 2.04 bits per heavy atom. The first-order valence-corrected chi connectivity index (χ1v) is 9.93. The van der Waals surface area contributed by atoms with Gasteiger partial charge in [0.2, 0.25) is 11.8 Å². The van der Waals surface area contributed by atoms with Crippen molar-refractivity contribution < 1.29 is 4.42 Å². The number of benzene rings is 1. The van der Waals surface area contributed by atoms with E-state index in [0.717, 1.165) is 48.5 Å². The van der Waals surface area contributed by atoms with Crippen LogP contribution in [0.1, 0.15) is 17.9 Å². The van der Waals surface area contributed by atoms with Crippen LogP contribution in [0.2, 0.25) is 0 Å². The number of hydrogen-bond acceptors (Lipinski definition) is 7. The molecule has 1 fully saturated rings. The summed E-state index contributed by atoms with van der Waals surface area (Å²) >= 11 is 3.46. The van der Waals surface area contributed by atoms with Crippen LogP contribution in [-0.4, -0.2) is 46.3 Å². The number of anilines is 1. The minimum Gasteiger partial charge on any atom is -0.419 e. The third-order valence-electron chi connectivity index (χ3n) is 4.69. The highest BCUT2D eigenvalue weighted by Gasteiger charge is 2.20. The Labute approximate surface area is 171 Å². The number of nitrogens with zero attached hydrogens (tertiary/aromatic N) is 6. The van der Waals surface area contributed by atoms with E-state index in [1.165, 1.54) is 0 Å². The second-order valence-corrected chi connectivity index (χ2v) is 7.53. The largest absolute Gasteiger partial charge is 0.419 e. The molecule has 1 saturated heterocycles. The molecule has 0 unspecified atom stereocenters. The first-order valence-electron chi connectivity index (χ1n) is 9.13. The Kier molecular flexibility index (Phi) is 5.65. The van der Waals surface area contributed by atoms with E-state index >= 15 is 0 Å². The van der Waals surface area contributed by atoms with Gasteiger partial charge in [0.05, 0.1) is 12.1 Å². The van der Waals surface area contributed by atoms with Crippen molar-refractivity contribution in [3.8, 4) is 17.5 Å². The maximum Gasteiger partial charge on any atom is 0.247 e. The molecule has 0 saturated carbocycles. The zero-order chi connectivity index (χ0) is 19.3. The molecule has 0 bridgehead atoms. The minimum atomic E-state index is 0.528. The van der Waals surface area contributed by atoms with E-state index in [2.05, 4.69) is 47.0 Å². The SMILES string of the molecule is N#Cc1cccnc1N1CCCN(Cc2nnc(-c3cccc(Br)c3)o2)CC1.